The van der Waals surface area contributed by atoms with E-state index in [1.807, 2.05) is 31.2 Å². The molecule has 74 valence electrons. The Hall–Kier alpha value is -1.53. The van der Waals surface area contributed by atoms with Crippen LogP contribution in [-0.2, 0) is 0 Å². The highest BCUT2D eigenvalue weighted by atomic mass is 16.5. The smallest absolute Gasteiger partial charge is 0.174 e. The average Bonchev–Trinajstić information content (AvgIpc) is 2.14. The summed E-state index contributed by atoms with van der Waals surface area (Å²) in [4.78, 5) is 0. The third kappa shape index (κ3) is 2.48. The van der Waals surface area contributed by atoms with Crippen LogP contribution < -0.4 is 4.74 Å². The number of hydrogen-bond acceptors (Lipinski definition) is 3. The zero-order chi connectivity index (χ0) is 10.6. The van der Waals surface area contributed by atoms with Crippen molar-refractivity contribution < 1.29 is 9.84 Å². The number of aliphatic hydroxyl groups is 1. The first kappa shape index (κ1) is 10.6. The van der Waals surface area contributed by atoms with Gasteiger partial charge in [0.1, 0.15) is 11.8 Å². The Labute approximate surface area is 83.6 Å². The number of nitrogens with zero attached hydrogens (tertiary/aromatic N) is 1. The largest absolute Gasteiger partial charge is 0.478 e. The number of benzene rings is 1. The summed E-state index contributed by atoms with van der Waals surface area (Å²) in [5.41, 5.74) is 1.76. The van der Waals surface area contributed by atoms with Gasteiger partial charge in [-0.2, -0.15) is 5.26 Å². The van der Waals surface area contributed by atoms with Gasteiger partial charge in [-0.25, -0.2) is 0 Å². The van der Waals surface area contributed by atoms with Crippen LogP contribution in [0.25, 0.3) is 0 Å². The normalized spacial score (nSPS) is 11.9. The summed E-state index contributed by atoms with van der Waals surface area (Å²) in [6.07, 6.45) is -0.579. The second-order valence-electron chi connectivity index (χ2n) is 3.16. The lowest BCUT2D eigenvalue weighted by Crippen LogP contribution is -2.00. The van der Waals surface area contributed by atoms with Crippen LogP contribution in [0.1, 0.15) is 24.2 Å². The molecule has 3 heteroatoms. The fourth-order valence-corrected chi connectivity index (χ4v) is 1.22. The van der Waals surface area contributed by atoms with Gasteiger partial charge < -0.3 is 9.84 Å². The van der Waals surface area contributed by atoms with Gasteiger partial charge in [-0.1, -0.05) is 12.1 Å². The third-order valence-electron chi connectivity index (χ3n) is 1.91. The first-order valence-electron chi connectivity index (χ1n) is 4.43. The lowest BCUT2D eigenvalue weighted by Gasteiger charge is -2.12. The van der Waals surface area contributed by atoms with E-state index in [0.717, 1.165) is 5.56 Å². The van der Waals surface area contributed by atoms with Crippen molar-refractivity contribution in [3.63, 3.8) is 0 Å². The lowest BCUT2D eigenvalue weighted by molar-refractivity contribution is 0.193. The van der Waals surface area contributed by atoms with Gasteiger partial charge >= 0.3 is 0 Å². The summed E-state index contributed by atoms with van der Waals surface area (Å²) in [6.45, 7) is 3.61. The van der Waals surface area contributed by atoms with Gasteiger partial charge in [-0.15, -0.1) is 0 Å². The zero-order valence-electron chi connectivity index (χ0n) is 8.32. The first-order chi connectivity index (χ1) is 6.65. The van der Waals surface area contributed by atoms with Crippen molar-refractivity contribution in [2.45, 2.75) is 20.0 Å². The standard InChI is InChI=1S/C11H13NO2/c1-8-3-4-10(9(2)13)11(7-8)14-6-5-12/h3-4,7,9,13H,6H2,1-2H3/t9-/m0/s1. The van der Waals surface area contributed by atoms with Gasteiger partial charge in [0.2, 0.25) is 0 Å². The Morgan fingerprint density at radius 3 is 2.86 bits per heavy atom. The minimum Gasteiger partial charge on any atom is -0.478 e. The number of aliphatic hydroxyl groups excluding tert-OH is 1. The summed E-state index contributed by atoms with van der Waals surface area (Å²) >= 11 is 0. The monoisotopic (exact) mass is 191 g/mol. The molecule has 0 saturated carbocycles. The van der Waals surface area contributed by atoms with Crippen molar-refractivity contribution in [3.8, 4) is 11.8 Å². The van der Waals surface area contributed by atoms with E-state index in [4.69, 9.17) is 10.00 Å². The number of nitriles is 1. The summed E-state index contributed by atoms with van der Waals surface area (Å²) < 4.78 is 5.21. The second-order valence-corrected chi connectivity index (χ2v) is 3.16. The molecule has 0 unspecified atom stereocenters. The van der Waals surface area contributed by atoms with Crippen LogP contribution >= 0.6 is 0 Å². The van der Waals surface area contributed by atoms with Crippen LogP contribution in [0.15, 0.2) is 18.2 Å². The molecule has 0 radical (unpaired) electrons. The van der Waals surface area contributed by atoms with Crippen molar-refractivity contribution in [1.82, 2.24) is 0 Å². The van der Waals surface area contributed by atoms with Crippen LogP contribution in [0.4, 0.5) is 0 Å². The second kappa shape index (κ2) is 4.64. The van der Waals surface area contributed by atoms with Gasteiger partial charge in [0, 0.05) is 5.56 Å². The highest BCUT2D eigenvalue weighted by molar-refractivity contribution is 5.38. The van der Waals surface area contributed by atoms with E-state index in [0.29, 0.717) is 11.3 Å². The highest BCUT2D eigenvalue weighted by Gasteiger charge is 2.08. The van der Waals surface area contributed by atoms with Crippen molar-refractivity contribution in [3.05, 3.63) is 29.3 Å². The fraction of sp³-hybridized carbons (Fsp3) is 0.364. The molecule has 14 heavy (non-hydrogen) atoms. The molecular formula is C11H13NO2. The molecule has 0 aliphatic carbocycles. The minimum atomic E-state index is -0.579. The molecule has 1 N–H and O–H groups in total. The molecule has 0 amide bonds. The van der Waals surface area contributed by atoms with Gasteiger partial charge in [-0.05, 0) is 25.5 Å². The molecule has 1 atom stereocenters. The number of ether oxygens (including phenoxy) is 1. The van der Waals surface area contributed by atoms with Crippen molar-refractivity contribution in [2.75, 3.05) is 6.61 Å². The summed E-state index contributed by atoms with van der Waals surface area (Å²) in [5, 5.41) is 17.8. The van der Waals surface area contributed by atoms with Gasteiger partial charge in [0.05, 0.1) is 6.10 Å². The number of aryl methyl sites for hydroxylation is 1. The van der Waals surface area contributed by atoms with E-state index < -0.39 is 6.10 Å². The van der Waals surface area contributed by atoms with E-state index >= 15 is 0 Å². The Bertz CT molecular complexity index is 353. The Morgan fingerprint density at radius 1 is 1.57 bits per heavy atom. The molecule has 0 spiro atoms. The molecule has 0 bridgehead atoms. The van der Waals surface area contributed by atoms with Crippen LogP contribution in [0.3, 0.4) is 0 Å². The molecule has 0 aliphatic heterocycles. The van der Waals surface area contributed by atoms with Crippen LogP contribution in [-0.4, -0.2) is 11.7 Å². The molecule has 1 aromatic carbocycles. The zero-order valence-corrected chi connectivity index (χ0v) is 8.32. The predicted molar refractivity (Wildman–Crippen MR) is 52.9 cm³/mol. The molecule has 0 aromatic heterocycles. The van der Waals surface area contributed by atoms with Crippen molar-refractivity contribution in [2.24, 2.45) is 0 Å². The Morgan fingerprint density at radius 2 is 2.29 bits per heavy atom. The van der Waals surface area contributed by atoms with E-state index in [1.165, 1.54) is 0 Å². The van der Waals surface area contributed by atoms with Crippen molar-refractivity contribution >= 4 is 0 Å². The van der Waals surface area contributed by atoms with Crippen LogP contribution in [0, 0.1) is 18.3 Å². The molecule has 3 nitrogen and oxygen atoms in total. The first-order valence-corrected chi connectivity index (χ1v) is 4.43. The summed E-state index contributed by atoms with van der Waals surface area (Å²) in [7, 11) is 0. The Balaban J connectivity index is 2.98. The summed E-state index contributed by atoms with van der Waals surface area (Å²) in [6, 6.07) is 7.43. The maximum Gasteiger partial charge on any atom is 0.174 e. The SMILES string of the molecule is Cc1ccc([C@H](C)O)c(OCC#N)c1. The third-order valence-corrected chi connectivity index (χ3v) is 1.91. The number of hydrogen-bond donors (Lipinski definition) is 1. The maximum atomic E-state index is 9.43. The van der Waals surface area contributed by atoms with E-state index in [2.05, 4.69) is 0 Å². The van der Waals surface area contributed by atoms with E-state index in [-0.39, 0.29) is 6.61 Å². The molecule has 0 saturated heterocycles. The summed E-state index contributed by atoms with van der Waals surface area (Å²) in [5.74, 6) is 0.585. The average molecular weight is 191 g/mol. The quantitative estimate of drug-likeness (QED) is 0.794. The molecule has 0 fully saturated rings. The topological polar surface area (TPSA) is 53.2 Å². The fourth-order valence-electron chi connectivity index (χ4n) is 1.22. The van der Waals surface area contributed by atoms with Gasteiger partial charge in [0.25, 0.3) is 0 Å². The van der Waals surface area contributed by atoms with Gasteiger partial charge in [0.15, 0.2) is 6.61 Å². The van der Waals surface area contributed by atoms with Crippen molar-refractivity contribution in [1.29, 1.82) is 5.26 Å². The molecule has 0 heterocycles. The Kier molecular flexibility index (Phi) is 3.49. The minimum absolute atomic E-state index is 0.00315. The maximum absolute atomic E-state index is 9.43. The molecule has 1 aromatic rings. The predicted octanol–water partition coefficient (Wildman–Crippen LogP) is 1.95. The van der Waals surface area contributed by atoms with E-state index in [9.17, 15) is 5.11 Å². The van der Waals surface area contributed by atoms with Crippen LogP contribution in [0.2, 0.25) is 0 Å². The molecule has 0 aliphatic rings. The highest BCUT2D eigenvalue weighted by Crippen LogP contribution is 2.25. The van der Waals surface area contributed by atoms with Crippen LogP contribution in [0.5, 0.6) is 5.75 Å². The van der Waals surface area contributed by atoms with Gasteiger partial charge in [-0.3, -0.25) is 0 Å². The molecule has 1 rings (SSSR count). The van der Waals surface area contributed by atoms with E-state index in [1.54, 1.807) is 6.92 Å². The molecular weight excluding hydrogens is 178 g/mol. The lowest BCUT2D eigenvalue weighted by atomic mass is 10.1. The number of rotatable bonds is 3.